The highest BCUT2D eigenvalue weighted by Gasteiger charge is 2.13. The fourth-order valence-corrected chi connectivity index (χ4v) is 3.49. The summed E-state index contributed by atoms with van der Waals surface area (Å²) in [5.41, 5.74) is 3.38. The van der Waals surface area contributed by atoms with E-state index in [4.69, 9.17) is 4.98 Å². The van der Waals surface area contributed by atoms with Gasteiger partial charge in [-0.2, -0.15) is 0 Å². The summed E-state index contributed by atoms with van der Waals surface area (Å²) >= 11 is 1.58. The smallest absolute Gasteiger partial charge is 0.267 e. The zero-order valence-corrected chi connectivity index (χ0v) is 16.2. The molecule has 1 aromatic carbocycles. The van der Waals surface area contributed by atoms with Crippen molar-refractivity contribution in [3.8, 4) is 0 Å². The number of hydrogen-bond donors (Lipinski definition) is 0. The molecule has 0 saturated carbocycles. The van der Waals surface area contributed by atoms with Crippen LogP contribution in [0.15, 0.2) is 63.5 Å². The molecule has 0 aliphatic rings. The number of pyridine rings is 1. The monoisotopic (exact) mass is 365 g/mol. The first-order valence-corrected chi connectivity index (χ1v) is 9.80. The number of aliphatic imine (C=N–C) groups is 1. The van der Waals surface area contributed by atoms with Crippen molar-refractivity contribution >= 4 is 23.6 Å². The van der Waals surface area contributed by atoms with Gasteiger partial charge < -0.3 is 0 Å². The topological polar surface area (TPSA) is 46.7 Å². The maximum atomic E-state index is 13.0. The highest BCUT2D eigenvalue weighted by Crippen LogP contribution is 2.23. The lowest BCUT2D eigenvalue weighted by Gasteiger charge is -2.10. The molecule has 26 heavy (non-hydrogen) atoms. The van der Waals surface area contributed by atoms with Gasteiger partial charge in [0.05, 0.1) is 5.56 Å². The Balaban J connectivity index is 2.07. The normalized spacial score (nSPS) is 12.7. The van der Waals surface area contributed by atoms with Gasteiger partial charge in [0.1, 0.15) is 10.7 Å². The molecule has 0 saturated heterocycles. The average Bonchev–Trinajstić information content (AvgIpc) is 2.67. The highest BCUT2D eigenvalue weighted by molar-refractivity contribution is 7.98. The molecule has 0 amide bonds. The van der Waals surface area contributed by atoms with Gasteiger partial charge in [-0.1, -0.05) is 43.3 Å². The Morgan fingerprint density at radius 3 is 2.73 bits per heavy atom. The minimum Gasteiger partial charge on any atom is -0.289 e. The number of aromatic nitrogens is 2. The zero-order valence-electron chi connectivity index (χ0n) is 15.3. The van der Waals surface area contributed by atoms with Crippen LogP contribution in [0.25, 0.3) is 5.65 Å². The molecular weight excluding hydrogens is 342 g/mol. The molecule has 5 heteroatoms. The predicted octanol–water partition coefficient (Wildman–Crippen LogP) is 4.51. The van der Waals surface area contributed by atoms with Crippen LogP contribution in [0, 0.1) is 6.92 Å². The van der Waals surface area contributed by atoms with Gasteiger partial charge in [-0.25, -0.2) is 4.98 Å². The lowest BCUT2D eigenvalue weighted by Crippen LogP contribution is -2.21. The number of thioether (sulfide) groups is 1. The second-order valence-electron chi connectivity index (χ2n) is 6.33. The average molecular weight is 366 g/mol. The third kappa shape index (κ3) is 4.05. The molecular formula is C21H23N3OS. The summed E-state index contributed by atoms with van der Waals surface area (Å²) in [6, 6.07) is 14.2. The largest absolute Gasteiger partial charge is 0.289 e. The van der Waals surface area contributed by atoms with Crippen LogP contribution in [0.1, 0.15) is 37.0 Å². The standard InChI is InChI=1S/C21H23N3OS/c1-4-16(3)22-13-18-20(26-14-17-10-6-5-7-11-17)23-19-15(2)9-8-12-24(19)21(18)25/h5-13,16H,4,14H2,1-3H3. The molecule has 1 unspecified atom stereocenters. The van der Waals surface area contributed by atoms with Crippen LogP contribution in [0.2, 0.25) is 0 Å². The molecule has 3 aromatic rings. The molecule has 4 nitrogen and oxygen atoms in total. The number of aryl methyl sites for hydroxylation is 1. The summed E-state index contributed by atoms with van der Waals surface area (Å²) in [6.07, 6.45) is 4.40. The number of nitrogens with zero attached hydrogens (tertiary/aromatic N) is 3. The summed E-state index contributed by atoms with van der Waals surface area (Å²) < 4.78 is 1.61. The summed E-state index contributed by atoms with van der Waals surface area (Å²) in [5, 5.41) is 0.736. The molecule has 2 aromatic heterocycles. The predicted molar refractivity (Wildman–Crippen MR) is 110 cm³/mol. The van der Waals surface area contributed by atoms with Crippen LogP contribution in [0.5, 0.6) is 0 Å². The van der Waals surface area contributed by atoms with Crippen molar-refractivity contribution in [1.29, 1.82) is 0 Å². The second kappa shape index (κ2) is 8.32. The van der Waals surface area contributed by atoms with E-state index in [2.05, 4.69) is 24.0 Å². The Labute approximate surface area is 158 Å². The number of fused-ring (bicyclic) bond motifs is 1. The quantitative estimate of drug-likeness (QED) is 0.367. The van der Waals surface area contributed by atoms with Gasteiger partial charge in [0, 0.05) is 24.2 Å². The van der Waals surface area contributed by atoms with Crippen molar-refractivity contribution in [3.63, 3.8) is 0 Å². The van der Waals surface area contributed by atoms with Gasteiger partial charge in [0.15, 0.2) is 0 Å². The van der Waals surface area contributed by atoms with E-state index in [0.717, 1.165) is 22.8 Å². The van der Waals surface area contributed by atoms with E-state index in [1.54, 1.807) is 28.6 Å². The number of rotatable bonds is 6. The zero-order chi connectivity index (χ0) is 18.5. The molecule has 1 atom stereocenters. The lowest BCUT2D eigenvalue weighted by atomic mass is 10.2. The summed E-state index contributed by atoms with van der Waals surface area (Å²) in [7, 11) is 0. The van der Waals surface area contributed by atoms with E-state index in [9.17, 15) is 4.79 Å². The van der Waals surface area contributed by atoms with Gasteiger partial charge in [-0.15, -0.1) is 11.8 Å². The summed E-state index contributed by atoms with van der Waals surface area (Å²) in [6.45, 7) is 6.10. The maximum Gasteiger partial charge on any atom is 0.267 e. The van der Waals surface area contributed by atoms with Gasteiger partial charge >= 0.3 is 0 Å². The van der Waals surface area contributed by atoms with E-state index in [1.165, 1.54) is 5.56 Å². The van der Waals surface area contributed by atoms with Crippen molar-refractivity contribution in [2.75, 3.05) is 0 Å². The minimum absolute atomic E-state index is 0.0682. The van der Waals surface area contributed by atoms with Crippen LogP contribution < -0.4 is 5.56 Å². The minimum atomic E-state index is -0.0682. The summed E-state index contributed by atoms with van der Waals surface area (Å²) in [5.74, 6) is 0.763. The lowest BCUT2D eigenvalue weighted by molar-refractivity contribution is 0.720. The Kier molecular flexibility index (Phi) is 5.89. The van der Waals surface area contributed by atoms with Gasteiger partial charge in [0.2, 0.25) is 0 Å². The Hall–Kier alpha value is -2.40. The van der Waals surface area contributed by atoms with Crippen LogP contribution in [-0.4, -0.2) is 21.6 Å². The third-order valence-corrected chi connectivity index (χ3v) is 5.38. The van der Waals surface area contributed by atoms with Gasteiger partial charge in [0.25, 0.3) is 5.56 Å². The highest BCUT2D eigenvalue weighted by atomic mass is 32.2. The molecule has 2 heterocycles. The maximum absolute atomic E-state index is 13.0. The van der Waals surface area contributed by atoms with E-state index in [-0.39, 0.29) is 11.6 Å². The van der Waals surface area contributed by atoms with Crippen molar-refractivity contribution in [2.45, 2.75) is 44.0 Å². The van der Waals surface area contributed by atoms with Gasteiger partial charge in [-0.3, -0.25) is 14.2 Å². The number of benzene rings is 1. The SMILES string of the molecule is CCC(C)N=Cc1c(SCc2ccccc2)nc2c(C)cccn2c1=O. The van der Waals surface area contributed by atoms with Crippen LogP contribution in [-0.2, 0) is 5.75 Å². The summed E-state index contributed by atoms with van der Waals surface area (Å²) in [4.78, 5) is 22.3. The van der Waals surface area contributed by atoms with Crippen molar-refractivity contribution in [1.82, 2.24) is 9.38 Å². The Bertz CT molecular complexity index is 980. The van der Waals surface area contributed by atoms with E-state index >= 15 is 0 Å². The molecule has 0 spiro atoms. The number of hydrogen-bond acceptors (Lipinski definition) is 4. The van der Waals surface area contributed by atoms with E-state index in [0.29, 0.717) is 11.2 Å². The Morgan fingerprint density at radius 2 is 2.00 bits per heavy atom. The van der Waals surface area contributed by atoms with E-state index in [1.807, 2.05) is 44.2 Å². The van der Waals surface area contributed by atoms with Crippen LogP contribution >= 0.6 is 11.8 Å². The second-order valence-corrected chi connectivity index (χ2v) is 7.29. The third-order valence-electron chi connectivity index (χ3n) is 4.32. The first-order chi connectivity index (χ1) is 12.6. The molecule has 0 aliphatic carbocycles. The molecule has 3 rings (SSSR count). The first-order valence-electron chi connectivity index (χ1n) is 8.82. The fourth-order valence-electron chi connectivity index (χ4n) is 2.55. The first kappa shape index (κ1) is 18.4. The fraction of sp³-hybridized carbons (Fsp3) is 0.286. The molecule has 0 bridgehead atoms. The van der Waals surface area contributed by atoms with E-state index < -0.39 is 0 Å². The molecule has 0 aliphatic heterocycles. The van der Waals surface area contributed by atoms with Crippen LogP contribution in [0.3, 0.4) is 0 Å². The van der Waals surface area contributed by atoms with Crippen molar-refractivity contribution in [2.24, 2.45) is 4.99 Å². The van der Waals surface area contributed by atoms with Gasteiger partial charge in [-0.05, 0) is 37.5 Å². The Morgan fingerprint density at radius 1 is 1.23 bits per heavy atom. The molecule has 0 fully saturated rings. The van der Waals surface area contributed by atoms with Crippen molar-refractivity contribution in [3.05, 3.63) is 75.7 Å². The molecule has 0 N–H and O–H groups in total. The molecule has 134 valence electrons. The van der Waals surface area contributed by atoms with Crippen molar-refractivity contribution < 1.29 is 0 Å². The van der Waals surface area contributed by atoms with Crippen LogP contribution in [0.4, 0.5) is 0 Å². The molecule has 0 radical (unpaired) electrons.